The van der Waals surface area contributed by atoms with E-state index in [1.807, 2.05) is 31.2 Å². The minimum absolute atomic E-state index is 0.291. The third kappa shape index (κ3) is 4.30. The number of carbonyl (C=O) groups excluding carboxylic acids is 1. The highest BCUT2D eigenvalue weighted by atomic mass is 16.5. The maximum Gasteiger partial charge on any atom is 0.333 e. The molecule has 20 heavy (non-hydrogen) atoms. The van der Waals surface area contributed by atoms with Crippen LogP contribution in [0.1, 0.15) is 26.3 Å². The zero-order chi connectivity index (χ0) is 15.0. The average Bonchev–Trinajstić information content (AvgIpc) is 2.45. The number of esters is 1. The second-order valence-corrected chi connectivity index (χ2v) is 4.18. The number of hydrogen-bond acceptors (Lipinski definition) is 4. The zero-order valence-electron chi connectivity index (χ0n) is 12.6. The van der Waals surface area contributed by atoms with Crippen LogP contribution in [0.25, 0.3) is 0 Å². The molecule has 1 aromatic rings. The summed E-state index contributed by atoms with van der Waals surface area (Å²) in [4.78, 5) is 11.6. The molecule has 0 saturated carbocycles. The number of rotatable bonds is 7. The Morgan fingerprint density at radius 2 is 1.90 bits per heavy atom. The van der Waals surface area contributed by atoms with Crippen molar-refractivity contribution in [1.29, 1.82) is 0 Å². The predicted molar refractivity (Wildman–Crippen MR) is 78.3 cm³/mol. The standard InChI is InChI=1S/C16H22O4/c1-5-19-15-9-7-8-14(18-4)13(15)11-10-12(3)16(17)20-6-2/h7-10H,5-6,11H2,1-4H3/b12-10+. The summed E-state index contributed by atoms with van der Waals surface area (Å²) in [5, 5.41) is 0. The fraction of sp³-hybridized carbons (Fsp3) is 0.438. The summed E-state index contributed by atoms with van der Waals surface area (Å²) in [6.45, 7) is 6.43. The molecular weight excluding hydrogens is 256 g/mol. The molecule has 0 aromatic heterocycles. The molecule has 110 valence electrons. The van der Waals surface area contributed by atoms with Gasteiger partial charge in [0.25, 0.3) is 0 Å². The lowest BCUT2D eigenvalue weighted by molar-refractivity contribution is -0.138. The Kier molecular flexibility index (Phi) is 6.64. The molecule has 0 fully saturated rings. The van der Waals surface area contributed by atoms with Gasteiger partial charge in [-0.1, -0.05) is 12.1 Å². The summed E-state index contributed by atoms with van der Waals surface area (Å²) in [5.74, 6) is 1.24. The van der Waals surface area contributed by atoms with Crippen molar-refractivity contribution in [2.24, 2.45) is 0 Å². The SMILES string of the molecule is CCOC(=O)/C(C)=C/Cc1c(OC)cccc1OCC. The van der Waals surface area contributed by atoms with E-state index in [1.165, 1.54) is 0 Å². The number of ether oxygens (including phenoxy) is 3. The van der Waals surface area contributed by atoms with Gasteiger partial charge in [-0.2, -0.15) is 0 Å². The number of allylic oxidation sites excluding steroid dienone is 1. The molecule has 0 radical (unpaired) electrons. The Hall–Kier alpha value is -1.97. The van der Waals surface area contributed by atoms with Crippen molar-refractivity contribution < 1.29 is 19.0 Å². The highest BCUT2D eigenvalue weighted by molar-refractivity contribution is 5.87. The third-order valence-corrected chi connectivity index (χ3v) is 2.82. The third-order valence-electron chi connectivity index (χ3n) is 2.82. The first-order valence-corrected chi connectivity index (χ1v) is 6.76. The van der Waals surface area contributed by atoms with Crippen molar-refractivity contribution in [3.63, 3.8) is 0 Å². The minimum Gasteiger partial charge on any atom is -0.496 e. The van der Waals surface area contributed by atoms with E-state index >= 15 is 0 Å². The smallest absolute Gasteiger partial charge is 0.333 e. The number of benzene rings is 1. The summed E-state index contributed by atoms with van der Waals surface area (Å²) in [5.41, 5.74) is 1.51. The van der Waals surface area contributed by atoms with Crippen LogP contribution in [0.2, 0.25) is 0 Å². The van der Waals surface area contributed by atoms with Crippen LogP contribution < -0.4 is 9.47 Å². The van der Waals surface area contributed by atoms with Crippen LogP contribution in [-0.4, -0.2) is 26.3 Å². The van der Waals surface area contributed by atoms with Crippen LogP contribution in [0.4, 0.5) is 0 Å². The molecular formula is C16H22O4. The van der Waals surface area contributed by atoms with E-state index in [-0.39, 0.29) is 5.97 Å². The van der Waals surface area contributed by atoms with Crippen LogP contribution in [0, 0.1) is 0 Å². The van der Waals surface area contributed by atoms with E-state index in [9.17, 15) is 4.79 Å². The molecule has 0 atom stereocenters. The summed E-state index contributed by atoms with van der Waals surface area (Å²) in [7, 11) is 1.62. The van der Waals surface area contributed by atoms with E-state index in [4.69, 9.17) is 14.2 Å². The maximum atomic E-state index is 11.6. The van der Waals surface area contributed by atoms with Gasteiger partial charge in [-0.05, 0) is 39.3 Å². The maximum absolute atomic E-state index is 11.6. The molecule has 1 rings (SSSR count). The number of hydrogen-bond donors (Lipinski definition) is 0. The Morgan fingerprint density at radius 1 is 1.20 bits per heavy atom. The molecule has 0 heterocycles. The Morgan fingerprint density at radius 3 is 2.50 bits per heavy atom. The second kappa shape index (κ2) is 8.25. The van der Waals surface area contributed by atoms with Crippen LogP contribution in [0.15, 0.2) is 29.8 Å². The topological polar surface area (TPSA) is 44.8 Å². The first-order chi connectivity index (χ1) is 9.63. The molecule has 0 N–H and O–H groups in total. The van der Waals surface area contributed by atoms with Crippen molar-refractivity contribution in [2.75, 3.05) is 20.3 Å². The Labute approximate surface area is 120 Å². The van der Waals surface area contributed by atoms with Crippen molar-refractivity contribution in [3.8, 4) is 11.5 Å². The lowest BCUT2D eigenvalue weighted by atomic mass is 10.1. The highest BCUT2D eigenvalue weighted by Gasteiger charge is 2.10. The largest absolute Gasteiger partial charge is 0.496 e. The first kappa shape index (κ1) is 16.1. The van der Waals surface area contributed by atoms with E-state index < -0.39 is 0 Å². The molecule has 0 saturated heterocycles. The van der Waals surface area contributed by atoms with Crippen molar-refractivity contribution >= 4 is 5.97 Å². The molecule has 0 unspecified atom stereocenters. The van der Waals surface area contributed by atoms with Crippen LogP contribution in [0.3, 0.4) is 0 Å². The highest BCUT2D eigenvalue weighted by Crippen LogP contribution is 2.29. The van der Waals surface area contributed by atoms with Crippen LogP contribution in [0.5, 0.6) is 11.5 Å². The van der Waals surface area contributed by atoms with Gasteiger partial charge >= 0.3 is 5.97 Å². The summed E-state index contributed by atoms with van der Waals surface area (Å²) < 4.78 is 15.9. The van der Waals surface area contributed by atoms with E-state index in [2.05, 4.69) is 0 Å². The lowest BCUT2D eigenvalue weighted by Crippen LogP contribution is -2.06. The summed E-state index contributed by atoms with van der Waals surface area (Å²) >= 11 is 0. The minimum atomic E-state index is -0.291. The van der Waals surface area contributed by atoms with Gasteiger partial charge in [0, 0.05) is 11.1 Å². The van der Waals surface area contributed by atoms with Crippen molar-refractivity contribution in [1.82, 2.24) is 0 Å². The lowest BCUT2D eigenvalue weighted by Gasteiger charge is -2.13. The van der Waals surface area contributed by atoms with Gasteiger partial charge in [0.05, 0.1) is 20.3 Å². The molecule has 4 nitrogen and oxygen atoms in total. The van der Waals surface area contributed by atoms with Gasteiger partial charge in [-0.3, -0.25) is 0 Å². The molecule has 0 aliphatic carbocycles. The van der Waals surface area contributed by atoms with Gasteiger partial charge in [0.15, 0.2) is 0 Å². The fourth-order valence-corrected chi connectivity index (χ4v) is 1.81. The summed E-state index contributed by atoms with van der Waals surface area (Å²) in [6, 6.07) is 5.66. The molecule has 0 aliphatic heterocycles. The monoisotopic (exact) mass is 278 g/mol. The van der Waals surface area contributed by atoms with Gasteiger partial charge in [0.1, 0.15) is 11.5 Å². The molecule has 0 amide bonds. The molecule has 0 spiro atoms. The summed E-state index contributed by atoms with van der Waals surface area (Å²) in [6.07, 6.45) is 2.39. The number of carbonyl (C=O) groups is 1. The van der Waals surface area contributed by atoms with Crippen molar-refractivity contribution in [3.05, 3.63) is 35.4 Å². The van der Waals surface area contributed by atoms with Gasteiger partial charge in [0.2, 0.25) is 0 Å². The van der Waals surface area contributed by atoms with Crippen LogP contribution >= 0.6 is 0 Å². The molecule has 4 heteroatoms. The van der Waals surface area contributed by atoms with Crippen LogP contribution in [-0.2, 0) is 16.0 Å². The normalized spacial score (nSPS) is 11.1. The Bertz CT molecular complexity index is 477. The zero-order valence-corrected chi connectivity index (χ0v) is 12.6. The second-order valence-electron chi connectivity index (χ2n) is 4.18. The van der Waals surface area contributed by atoms with Gasteiger partial charge in [-0.15, -0.1) is 0 Å². The van der Waals surface area contributed by atoms with E-state index in [0.29, 0.717) is 25.2 Å². The molecule has 0 aliphatic rings. The average molecular weight is 278 g/mol. The molecule has 0 bridgehead atoms. The van der Waals surface area contributed by atoms with Crippen molar-refractivity contribution in [2.45, 2.75) is 27.2 Å². The van der Waals surface area contributed by atoms with E-state index in [0.717, 1.165) is 17.1 Å². The quantitative estimate of drug-likeness (QED) is 0.568. The predicted octanol–water partition coefficient (Wildman–Crippen LogP) is 3.15. The first-order valence-electron chi connectivity index (χ1n) is 6.76. The van der Waals surface area contributed by atoms with Gasteiger partial charge < -0.3 is 14.2 Å². The number of methoxy groups -OCH3 is 1. The van der Waals surface area contributed by atoms with Gasteiger partial charge in [-0.25, -0.2) is 4.79 Å². The fourth-order valence-electron chi connectivity index (χ4n) is 1.81. The Balaban J connectivity index is 2.95. The molecule has 1 aromatic carbocycles. The van der Waals surface area contributed by atoms with E-state index in [1.54, 1.807) is 21.0 Å².